The third-order valence-corrected chi connectivity index (χ3v) is 6.64. The molecule has 2 aromatic rings. The van der Waals surface area contributed by atoms with Gasteiger partial charge in [0, 0.05) is 50.4 Å². The lowest BCUT2D eigenvalue weighted by atomic mass is 9.94. The molecule has 1 saturated heterocycles. The lowest BCUT2D eigenvalue weighted by Crippen LogP contribution is -2.51. The van der Waals surface area contributed by atoms with E-state index in [1.807, 2.05) is 0 Å². The van der Waals surface area contributed by atoms with Crippen LogP contribution in [0.25, 0.3) is 11.3 Å². The van der Waals surface area contributed by atoms with Crippen molar-refractivity contribution in [3.05, 3.63) is 41.8 Å². The van der Waals surface area contributed by atoms with Crippen LogP contribution in [-0.2, 0) is 16.1 Å². The molecule has 0 atom stereocenters. The van der Waals surface area contributed by atoms with Gasteiger partial charge in [-0.25, -0.2) is 4.39 Å². The van der Waals surface area contributed by atoms with Gasteiger partial charge in [0.1, 0.15) is 18.1 Å². The number of halogens is 1. The molecule has 0 bridgehead atoms. The molecule has 1 aromatic carbocycles. The van der Waals surface area contributed by atoms with Gasteiger partial charge in [-0.2, -0.15) is 0 Å². The van der Waals surface area contributed by atoms with Gasteiger partial charge in [-0.1, -0.05) is 24.4 Å². The highest BCUT2D eigenvalue weighted by Gasteiger charge is 2.24. The van der Waals surface area contributed by atoms with Gasteiger partial charge in [-0.05, 0) is 50.1 Å². The zero-order chi connectivity index (χ0) is 22.9. The number of rotatable bonds is 10. The Kier molecular flexibility index (Phi) is 8.86. The Morgan fingerprint density at radius 3 is 2.64 bits per heavy atom. The summed E-state index contributed by atoms with van der Waals surface area (Å²) in [5.74, 6) is 0.113. The Morgan fingerprint density at radius 1 is 1.12 bits per heavy atom. The summed E-state index contributed by atoms with van der Waals surface area (Å²) in [6.45, 7) is 6.46. The van der Waals surface area contributed by atoms with Crippen LogP contribution >= 0.6 is 0 Å². The molecule has 4 rings (SSSR count). The third kappa shape index (κ3) is 7.35. The first kappa shape index (κ1) is 23.9. The molecule has 1 amide bonds. The Hall–Kier alpha value is -2.29. The molecule has 1 N–H and O–H groups in total. The maximum atomic E-state index is 13.0. The molecule has 2 fully saturated rings. The second kappa shape index (κ2) is 12.3. The Bertz CT molecular complexity index is 859. The maximum Gasteiger partial charge on any atom is 0.246 e. The summed E-state index contributed by atoms with van der Waals surface area (Å²) in [6, 6.07) is 8.55. The molecule has 7 nitrogen and oxygen atoms in total. The van der Waals surface area contributed by atoms with Crippen LogP contribution in [0.2, 0.25) is 0 Å². The van der Waals surface area contributed by atoms with Gasteiger partial charge in [0.2, 0.25) is 5.91 Å². The van der Waals surface area contributed by atoms with Gasteiger partial charge in [0.05, 0.1) is 6.61 Å². The van der Waals surface area contributed by atoms with Gasteiger partial charge in [0.25, 0.3) is 0 Å². The number of amides is 1. The number of benzene rings is 1. The summed E-state index contributed by atoms with van der Waals surface area (Å²) in [5, 5.41) is 6.86. The van der Waals surface area contributed by atoms with E-state index in [0.717, 1.165) is 37.7 Å². The van der Waals surface area contributed by atoms with Crippen molar-refractivity contribution in [1.29, 1.82) is 0 Å². The molecule has 1 aromatic heterocycles. The molecule has 1 aliphatic carbocycles. The quantitative estimate of drug-likeness (QED) is 0.550. The molecule has 2 aliphatic rings. The van der Waals surface area contributed by atoms with E-state index in [2.05, 4.69) is 20.3 Å². The number of carbonyl (C=O) groups excluding carboxylic acids is 1. The van der Waals surface area contributed by atoms with Crippen molar-refractivity contribution in [3.63, 3.8) is 0 Å². The number of ether oxygens (including phenoxy) is 1. The highest BCUT2D eigenvalue weighted by atomic mass is 19.1. The van der Waals surface area contributed by atoms with E-state index in [1.165, 1.54) is 57.3 Å². The molecule has 1 aliphatic heterocycles. The lowest BCUT2D eigenvalue weighted by Gasteiger charge is -2.40. The second-order valence-corrected chi connectivity index (χ2v) is 9.06. The molecule has 33 heavy (non-hydrogen) atoms. The molecule has 0 radical (unpaired) electrons. The molecule has 8 heteroatoms. The number of hydrogen-bond donors (Lipinski definition) is 1. The predicted molar refractivity (Wildman–Crippen MR) is 124 cm³/mol. The first-order chi connectivity index (χ1) is 16.2. The van der Waals surface area contributed by atoms with Gasteiger partial charge in [-0.3, -0.25) is 9.69 Å². The Morgan fingerprint density at radius 2 is 1.88 bits per heavy atom. The fourth-order valence-corrected chi connectivity index (χ4v) is 4.76. The number of hydrogen-bond acceptors (Lipinski definition) is 6. The number of nitrogens with one attached hydrogen (secondary N) is 1. The highest BCUT2D eigenvalue weighted by Crippen LogP contribution is 2.23. The van der Waals surface area contributed by atoms with Crippen LogP contribution in [0.1, 0.15) is 44.2 Å². The van der Waals surface area contributed by atoms with Crippen molar-refractivity contribution in [1.82, 2.24) is 20.3 Å². The predicted octanol–water partition coefficient (Wildman–Crippen LogP) is 3.45. The van der Waals surface area contributed by atoms with E-state index in [4.69, 9.17) is 9.26 Å². The summed E-state index contributed by atoms with van der Waals surface area (Å²) in [6.07, 6.45) is 7.89. The fraction of sp³-hybridized carbons (Fsp3) is 0.600. The minimum Gasteiger partial charge on any atom is -0.365 e. The van der Waals surface area contributed by atoms with Gasteiger partial charge >= 0.3 is 0 Å². The standard InChI is InChI=1S/C25H35FN4O3/c26-21-9-7-20(8-10-21)24-17-22(28-33-24)18-32-19-25(31)27-11-4-12-29-13-15-30(16-14-29)23-5-2-1-3-6-23/h7-10,17,23H,1-6,11-16,18-19H2,(H,27,31). The summed E-state index contributed by atoms with van der Waals surface area (Å²) < 4.78 is 23.7. The van der Waals surface area contributed by atoms with Crippen molar-refractivity contribution in [2.75, 3.05) is 45.9 Å². The van der Waals surface area contributed by atoms with E-state index in [9.17, 15) is 9.18 Å². The highest BCUT2D eigenvalue weighted by molar-refractivity contribution is 5.77. The number of carbonyl (C=O) groups is 1. The molecule has 0 unspecified atom stereocenters. The van der Waals surface area contributed by atoms with E-state index in [0.29, 0.717) is 18.0 Å². The minimum absolute atomic E-state index is 0.0151. The third-order valence-electron chi connectivity index (χ3n) is 6.64. The molecular weight excluding hydrogens is 423 g/mol. The first-order valence-corrected chi connectivity index (χ1v) is 12.2. The van der Waals surface area contributed by atoms with Crippen molar-refractivity contribution >= 4 is 5.91 Å². The van der Waals surface area contributed by atoms with Gasteiger partial charge in [-0.15, -0.1) is 0 Å². The van der Waals surface area contributed by atoms with Crippen LogP contribution < -0.4 is 5.32 Å². The molecule has 1 saturated carbocycles. The summed E-state index contributed by atoms with van der Waals surface area (Å²) in [7, 11) is 0. The first-order valence-electron chi connectivity index (χ1n) is 12.2. The monoisotopic (exact) mass is 458 g/mol. The number of piperazine rings is 1. The Balaban J connectivity index is 1.05. The van der Waals surface area contributed by atoms with Crippen LogP contribution in [0.3, 0.4) is 0 Å². The van der Waals surface area contributed by atoms with E-state index >= 15 is 0 Å². The van der Waals surface area contributed by atoms with Crippen molar-refractivity contribution in [2.24, 2.45) is 0 Å². The van der Waals surface area contributed by atoms with Crippen LogP contribution in [0, 0.1) is 5.82 Å². The van der Waals surface area contributed by atoms with Crippen LogP contribution in [-0.4, -0.2) is 72.8 Å². The minimum atomic E-state index is -0.301. The fourth-order valence-electron chi connectivity index (χ4n) is 4.76. The van der Waals surface area contributed by atoms with Crippen LogP contribution in [0.5, 0.6) is 0 Å². The summed E-state index contributed by atoms with van der Waals surface area (Å²) in [4.78, 5) is 17.2. The average Bonchev–Trinajstić information content (AvgIpc) is 3.32. The zero-order valence-electron chi connectivity index (χ0n) is 19.3. The van der Waals surface area contributed by atoms with Gasteiger partial charge in [0.15, 0.2) is 5.76 Å². The summed E-state index contributed by atoms with van der Waals surface area (Å²) >= 11 is 0. The maximum absolute atomic E-state index is 13.0. The topological polar surface area (TPSA) is 70.8 Å². The lowest BCUT2D eigenvalue weighted by molar-refractivity contribution is -0.126. The number of nitrogens with zero attached hydrogens (tertiary/aromatic N) is 3. The van der Waals surface area contributed by atoms with Crippen molar-refractivity contribution in [2.45, 2.75) is 51.2 Å². The largest absolute Gasteiger partial charge is 0.365 e. The van der Waals surface area contributed by atoms with Crippen LogP contribution in [0.15, 0.2) is 34.9 Å². The zero-order valence-corrected chi connectivity index (χ0v) is 19.3. The molecular formula is C25H35FN4O3. The van der Waals surface area contributed by atoms with Crippen molar-refractivity contribution in [3.8, 4) is 11.3 Å². The van der Waals surface area contributed by atoms with E-state index in [1.54, 1.807) is 18.2 Å². The second-order valence-electron chi connectivity index (χ2n) is 9.06. The number of aromatic nitrogens is 1. The van der Waals surface area contributed by atoms with Crippen LogP contribution in [0.4, 0.5) is 4.39 Å². The van der Waals surface area contributed by atoms with Gasteiger partial charge < -0.3 is 19.5 Å². The SMILES string of the molecule is O=C(COCc1cc(-c2ccc(F)cc2)on1)NCCCN1CCN(C2CCCCC2)CC1. The smallest absolute Gasteiger partial charge is 0.246 e. The Labute approximate surface area is 195 Å². The molecule has 2 heterocycles. The van der Waals surface area contributed by atoms with E-state index in [-0.39, 0.29) is 24.9 Å². The van der Waals surface area contributed by atoms with Crippen molar-refractivity contribution < 1.29 is 18.4 Å². The van der Waals surface area contributed by atoms with E-state index < -0.39 is 0 Å². The molecule has 0 spiro atoms. The average molecular weight is 459 g/mol. The summed E-state index contributed by atoms with van der Waals surface area (Å²) in [5.41, 5.74) is 1.33. The normalized spacial score (nSPS) is 18.5. The molecule has 180 valence electrons.